The molecule has 3 heterocycles. The molecule has 0 aromatic rings. The summed E-state index contributed by atoms with van der Waals surface area (Å²) in [6, 6.07) is 0. The summed E-state index contributed by atoms with van der Waals surface area (Å²) in [6.45, 7) is 12.5. The quantitative estimate of drug-likeness (QED) is 0.274. The van der Waals surface area contributed by atoms with Crippen LogP contribution in [0, 0.1) is 5.92 Å². The minimum Gasteiger partial charge on any atom is -0.466 e. The van der Waals surface area contributed by atoms with Crippen LogP contribution in [-0.4, -0.2) is 104 Å². The lowest BCUT2D eigenvalue weighted by molar-refractivity contribution is -0.143. The molecule has 9 heteroatoms. The molecule has 0 aromatic carbocycles. The van der Waals surface area contributed by atoms with Crippen LogP contribution in [0.2, 0.25) is 0 Å². The monoisotopic (exact) mass is 494 g/mol. The van der Waals surface area contributed by atoms with Crippen molar-refractivity contribution in [2.45, 2.75) is 82.9 Å². The highest BCUT2D eigenvalue weighted by Crippen LogP contribution is 2.59. The number of epoxide rings is 2. The van der Waals surface area contributed by atoms with E-state index in [0.29, 0.717) is 52.4 Å². The normalized spacial score (nSPS) is 36.5. The van der Waals surface area contributed by atoms with Crippen molar-refractivity contribution in [1.82, 2.24) is 9.80 Å². The van der Waals surface area contributed by atoms with Gasteiger partial charge in [-0.25, -0.2) is 4.79 Å². The van der Waals surface area contributed by atoms with Gasteiger partial charge in [-0.3, -0.25) is 9.69 Å². The molecule has 3 aliphatic heterocycles. The van der Waals surface area contributed by atoms with Crippen LogP contribution in [0.1, 0.15) is 53.4 Å². The third-order valence-electron chi connectivity index (χ3n) is 8.06. The van der Waals surface area contributed by atoms with Crippen molar-refractivity contribution in [3.8, 4) is 0 Å². The smallest absolute Gasteiger partial charge is 0.410 e. The van der Waals surface area contributed by atoms with Gasteiger partial charge >= 0.3 is 12.1 Å². The van der Waals surface area contributed by atoms with E-state index in [1.54, 1.807) is 12.0 Å². The number of esters is 1. The highest BCUT2D eigenvalue weighted by Gasteiger charge is 2.72. The zero-order chi connectivity index (χ0) is 25.2. The summed E-state index contributed by atoms with van der Waals surface area (Å²) in [5.74, 6) is -0.164. The first-order valence-electron chi connectivity index (χ1n) is 13.0. The second-order valence-corrected chi connectivity index (χ2v) is 10.7. The third kappa shape index (κ3) is 5.84. The molecule has 0 N–H and O–H groups in total. The fraction of sp³-hybridized carbons (Fsp3) is 0.846. The summed E-state index contributed by atoms with van der Waals surface area (Å²) in [5.41, 5.74) is 0.696. The van der Waals surface area contributed by atoms with E-state index in [1.165, 1.54) is 5.57 Å². The lowest BCUT2D eigenvalue weighted by atomic mass is 9.68. The molecule has 3 saturated heterocycles. The molecular weight excluding hydrogens is 452 g/mol. The standard InChI is InChI=1S/C26H42N2O7/c1-6-32-21(29)10-12-27-13-15-28(16-14-27)24(30)34-19-9-11-26(17-33-26)23(22(19)31-5)25(4)20(35-25)8-7-18(2)3/h7,19-20,22-23H,6,8-17H2,1-5H3/t19-,20-,22-,23-,25+,26+/m1/s1. The molecule has 1 saturated carbocycles. The van der Waals surface area contributed by atoms with Crippen LogP contribution in [-0.2, 0) is 28.5 Å². The molecule has 0 aromatic heterocycles. The zero-order valence-electron chi connectivity index (χ0n) is 21.9. The Bertz CT molecular complexity index is 802. The second-order valence-electron chi connectivity index (χ2n) is 10.7. The number of rotatable bonds is 9. The maximum Gasteiger partial charge on any atom is 0.410 e. The minimum absolute atomic E-state index is 0.0156. The third-order valence-corrected chi connectivity index (χ3v) is 8.06. The second kappa shape index (κ2) is 10.7. The zero-order valence-corrected chi connectivity index (χ0v) is 21.9. The van der Waals surface area contributed by atoms with Crippen molar-refractivity contribution >= 4 is 12.1 Å². The van der Waals surface area contributed by atoms with Crippen LogP contribution in [0.5, 0.6) is 0 Å². The number of methoxy groups -OCH3 is 1. The molecular formula is C26H42N2O7. The van der Waals surface area contributed by atoms with E-state index in [4.69, 9.17) is 23.7 Å². The number of nitrogens with zero attached hydrogens (tertiary/aromatic N) is 2. The Morgan fingerprint density at radius 2 is 1.89 bits per heavy atom. The maximum absolute atomic E-state index is 13.1. The molecule has 4 aliphatic rings. The number of amides is 1. The maximum atomic E-state index is 13.1. The van der Waals surface area contributed by atoms with E-state index < -0.39 is 0 Å². The van der Waals surface area contributed by atoms with Crippen LogP contribution in [0.15, 0.2) is 11.6 Å². The van der Waals surface area contributed by atoms with Gasteiger partial charge in [-0.2, -0.15) is 0 Å². The van der Waals surface area contributed by atoms with E-state index in [2.05, 4.69) is 31.7 Å². The average molecular weight is 495 g/mol. The lowest BCUT2D eigenvalue weighted by Crippen LogP contribution is -2.57. The molecule has 4 rings (SSSR count). The highest BCUT2D eigenvalue weighted by molar-refractivity contribution is 5.69. The first-order valence-corrected chi connectivity index (χ1v) is 13.0. The van der Waals surface area contributed by atoms with E-state index in [9.17, 15) is 9.59 Å². The molecule has 1 spiro atoms. The van der Waals surface area contributed by atoms with Crippen LogP contribution in [0.3, 0.4) is 0 Å². The molecule has 0 radical (unpaired) electrons. The number of hydrogen-bond donors (Lipinski definition) is 0. The number of piperazine rings is 1. The van der Waals surface area contributed by atoms with E-state index >= 15 is 0 Å². The largest absolute Gasteiger partial charge is 0.466 e. The van der Waals surface area contributed by atoms with E-state index in [-0.39, 0.29) is 47.5 Å². The number of carbonyl (C=O) groups is 2. The molecule has 4 fully saturated rings. The molecule has 0 unspecified atom stereocenters. The summed E-state index contributed by atoms with van der Waals surface area (Å²) >= 11 is 0. The highest BCUT2D eigenvalue weighted by atomic mass is 16.6. The average Bonchev–Trinajstić information content (AvgIpc) is 3.75. The first-order chi connectivity index (χ1) is 16.7. The molecule has 1 aliphatic carbocycles. The predicted octanol–water partition coefficient (Wildman–Crippen LogP) is 2.77. The van der Waals surface area contributed by atoms with Crippen molar-refractivity contribution < 1.29 is 33.3 Å². The molecule has 198 valence electrons. The minimum atomic E-state index is -0.348. The number of hydrogen-bond acceptors (Lipinski definition) is 8. The molecule has 1 amide bonds. The SMILES string of the molecule is CCOC(=O)CCN1CCN(C(=O)O[C@@H]2CC[C@]3(CO3)[C@@H]([C@@]3(C)O[C@@H]3CC=C(C)C)[C@@H]2OC)CC1. The fourth-order valence-electron chi connectivity index (χ4n) is 5.91. The fourth-order valence-corrected chi connectivity index (χ4v) is 5.91. The topological polar surface area (TPSA) is 93.4 Å². The van der Waals surface area contributed by atoms with Crippen LogP contribution < -0.4 is 0 Å². The van der Waals surface area contributed by atoms with Crippen molar-refractivity contribution in [2.75, 3.05) is 53.0 Å². The molecule has 9 nitrogen and oxygen atoms in total. The van der Waals surface area contributed by atoms with Crippen LogP contribution in [0.4, 0.5) is 4.79 Å². The van der Waals surface area contributed by atoms with Gasteiger partial charge in [0.15, 0.2) is 0 Å². The number of carbonyl (C=O) groups excluding carboxylic acids is 2. The van der Waals surface area contributed by atoms with Gasteiger partial charge in [-0.15, -0.1) is 0 Å². The van der Waals surface area contributed by atoms with Crippen molar-refractivity contribution in [1.29, 1.82) is 0 Å². The van der Waals surface area contributed by atoms with Crippen LogP contribution in [0.25, 0.3) is 0 Å². The summed E-state index contributed by atoms with van der Waals surface area (Å²) < 4.78 is 29.3. The summed E-state index contributed by atoms with van der Waals surface area (Å²) in [6.07, 6.45) is 4.23. The Labute approximate surface area is 209 Å². The molecule has 6 atom stereocenters. The van der Waals surface area contributed by atoms with Gasteiger partial charge in [0, 0.05) is 39.8 Å². The summed E-state index contributed by atoms with van der Waals surface area (Å²) in [5, 5.41) is 0. The number of ether oxygens (including phenoxy) is 5. The van der Waals surface area contributed by atoms with Gasteiger partial charge in [-0.1, -0.05) is 11.6 Å². The Morgan fingerprint density at radius 1 is 1.17 bits per heavy atom. The molecule has 35 heavy (non-hydrogen) atoms. The lowest BCUT2D eigenvalue weighted by Gasteiger charge is -2.43. The molecule has 0 bridgehead atoms. The van der Waals surface area contributed by atoms with Crippen molar-refractivity contribution in [3.05, 3.63) is 11.6 Å². The Balaban J connectivity index is 1.32. The van der Waals surface area contributed by atoms with Crippen molar-refractivity contribution in [2.24, 2.45) is 5.92 Å². The predicted molar refractivity (Wildman–Crippen MR) is 129 cm³/mol. The van der Waals surface area contributed by atoms with Gasteiger partial charge in [0.2, 0.25) is 0 Å². The Hall–Kier alpha value is -1.68. The Kier molecular flexibility index (Phi) is 8.10. The van der Waals surface area contributed by atoms with Gasteiger partial charge in [-0.05, 0) is 47.0 Å². The Morgan fingerprint density at radius 3 is 2.49 bits per heavy atom. The van der Waals surface area contributed by atoms with Gasteiger partial charge in [0.05, 0.1) is 31.7 Å². The first kappa shape index (κ1) is 26.4. The van der Waals surface area contributed by atoms with Crippen LogP contribution >= 0.6 is 0 Å². The van der Waals surface area contributed by atoms with Crippen molar-refractivity contribution in [3.63, 3.8) is 0 Å². The van der Waals surface area contributed by atoms with Gasteiger partial charge < -0.3 is 28.6 Å². The van der Waals surface area contributed by atoms with Gasteiger partial charge in [0.25, 0.3) is 0 Å². The van der Waals surface area contributed by atoms with E-state index in [1.807, 2.05) is 6.92 Å². The van der Waals surface area contributed by atoms with E-state index in [0.717, 1.165) is 19.3 Å². The summed E-state index contributed by atoms with van der Waals surface area (Å²) in [7, 11) is 1.69. The van der Waals surface area contributed by atoms with Gasteiger partial charge in [0.1, 0.15) is 23.4 Å². The summed E-state index contributed by atoms with van der Waals surface area (Å²) in [4.78, 5) is 28.6. The number of allylic oxidation sites excluding steroid dienone is 1.